The van der Waals surface area contributed by atoms with Crippen LogP contribution in [0.15, 0.2) is 4.42 Å². The summed E-state index contributed by atoms with van der Waals surface area (Å²) >= 11 is 0. The maximum Gasteiger partial charge on any atom is 0.317 e. The molecule has 2 N–H and O–H groups in total. The number of oxazole rings is 1. The highest BCUT2D eigenvalue weighted by atomic mass is 16.4. The molecule has 2 amide bonds. The van der Waals surface area contributed by atoms with E-state index in [-0.39, 0.29) is 18.1 Å². The minimum Gasteiger partial charge on any atom is -0.444 e. The number of aromatic nitrogens is 1. The van der Waals surface area contributed by atoms with Crippen molar-refractivity contribution in [2.24, 2.45) is 5.41 Å². The Labute approximate surface area is 125 Å². The Hall–Kier alpha value is -1.56. The number of nitrogens with zero attached hydrogens (tertiary/aromatic N) is 2. The zero-order valence-corrected chi connectivity index (χ0v) is 13.1. The first-order valence-electron chi connectivity index (χ1n) is 7.56. The van der Waals surface area contributed by atoms with Crippen molar-refractivity contribution >= 4 is 6.03 Å². The Morgan fingerprint density at radius 1 is 1.43 bits per heavy atom. The van der Waals surface area contributed by atoms with Gasteiger partial charge < -0.3 is 19.7 Å². The highest BCUT2D eigenvalue weighted by Gasteiger charge is 2.33. The van der Waals surface area contributed by atoms with Gasteiger partial charge in [0.1, 0.15) is 5.76 Å². The van der Waals surface area contributed by atoms with Crippen LogP contribution in [-0.2, 0) is 6.54 Å². The summed E-state index contributed by atoms with van der Waals surface area (Å²) in [6, 6.07) is -0.0915. The highest BCUT2D eigenvalue weighted by molar-refractivity contribution is 5.74. The first-order chi connectivity index (χ1) is 9.99. The zero-order chi connectivity index (χ0) is 15.5. The molecule has 118 valence electrons. The number of urea groups is 1. The predicted octanol–water partition coefficient (Wildman–Crippen LogP) is 1.99. The Kier molecular flexibility index (Phi) is 4.88. The van der Waals surface area contributed by atoms with Gasteiger partial charge in [-0.25, -0.2) is 9.78 Å². The van der Waals surface area contributed by atoms with Gasteiger partial charge in [-0.15, -0.1) is 0 Å². The molecular formula is C15H25N3O3. The second-order valence-electron chi connectivity index (χ2n) is 5.91. The molecule has 0 aromatic carbocycles. The summed E-state index contributed by atoms with van der Waals surface area (Å²) in [5, 5.41) is 12.3. The standard InChI is InChI=1S/C15H25N3O3/c1-4-15(10-19)5-7-18(8-6-15)14(20)16-9-13-17-11(2)12(3)21-13/h19H,4-10H2,1-3H3,(H,16,20). The number of likely N-dealkylation sites (tertiary alicyclic amines) is 1. The Morgan fingerprint density at radius 2 is 2.10 bits per heavy atom. The average Bonchev–Trinajstić information content (AvgIpc) is 2.83. The molecule has 0 atom stereocenters. The van der Waals surface area contributed by atoms with Gasteiger partial charge in [0.2, 0.25) is 5.89 Å². The number of rotatable bonds is 4. The first kappa shape index (κ1) is 15.8. The molecular weight excluding hydrogens is 270 g/mol. The van der Waals surface area contributed by atoms with E-state index in [2.05, 4.69) is 17.2 Å². The number of nitrogens with one attached hydrogen (secondary N) is 1. The van der Waals surface area contributed by atoms with Crippen molar-refractivity contribution in [2.75, 3.05) is 19.7 Å². The van der Waals surface area contributed by atoms with Gasteiger partial charge in [0, 0.05) is 19.7 Å². The maximum atomic E-state index is 12.1. The van der Waals surface area contributed by atoms with Gasteiger partial charge >= 0.3 is 6.03 Å². The molecule has 6 nitrogen and oxygen atoms in total. The van der Waals surface area contributed by atoms with Gasteiger partial charge in [-0.2, -0.15) is 0 Å². The summed E-state index contributed by atoms with van der Waals surface area (Å²) < 4.78 is 5.44. The third-order valence-corrected chi connectivity index (χ3v) is 4.66. The number of amides is 2. The molecule has 21 heavy (non-hydrogen) atoms. The van der Waals surface area contributed by atoms with Crippen LogP contribution in [0.3, 0.4) is 0 Å². The number of aryl methyl sites for hydroxylation is 2. The summed E-state index contributed by atoms with van der Waals surface area (Å²) in [7, 11) is 0. The van der Waals surface area contributed by atoms with Crippen LogP contribution < -0.4 is 5.32 Å². The van der Waals surface area contributed by atoms with Crippen LogP contribution in [0, 0.1) is 19.3 Å². The molecule has 2 rings (SSSR count). The van der Waals surface area contributed by atoms with Crippen molar-refractivity contribution in [2.45, 2.75) is 46.6 Å². The number of aliphatic hydroxyl groups excluding tert-OH is 1. The lowest BCUT2D eigenvalue weighted by Crippen LogP contribution is -2.48. The van der Waals surface area contributed by atoms with Crippen LogP contribution in [0.4, 0.5) is 4.79 Å². The Bertz CT molecular complexity index is 465. The third-order valence-electron chi connectivity index (χ3n) is 4.66. The molecule has 1 saturated heterocycles. The zero-order valence-electron chi connectivity index (χ0n) is 13.1. The largest absolute Gasteiger partial charge is 0.444 e. The summed E-state index contributed by atoms with van der Waals surface area (Å²) in [5.74, 6) is 1.32. The molecule has 1 fully saturated rings. The molecule has 0 spiro atoms. The fourth-order valence-corrected chi connectivity index (χ4v) is 2.69. The maximum absolute atomic E-state index is 12.1. The average molecular weight is 295 g/mol. The predicted molar refractivity (Wildman–Crippen MR) is 78.8 cm³/mol. The molecule has 6 heteroatoms. The van der Waals surface area contributed by atoms with Crippen LogP contribution in [0.5, 0.6) is 0 Å². The molecule has 0 unspecified atom stereocenters. The normalized spacial score (nSPS) is 17.8. The first-order valence-corrected chi connectivity index (χ1v) is 7.56. The Morgan fingerprint density at radius 3 is 2.57 bits per heavy atom. The van der Waals surface area contributed by atoms with Crippen molar-refractivity contribution in [1.82, 2.24) is 15.2 Å². The fourth-order valence-electron chi connectivity index (χ4n) is 2.69. The lowest BCUT2D eigenvalue weighted by atomic mass is 9.77. The quantitative estimate of drug-likeness (QED) is 0.890. The molecule has 0 aliphatic carbocycles. The summed E-state index contributed by atoms with van der Waals surface area (Å²) in [6.45, 7) is 7.72. The number of piperidine rings is 1. The van der Waals surface area contributed by atoms with E-state index in [1.807, 2.05) is 13.8 Å². The van der Waals surface area contributed by atoms with Crippen LogP contribution in [0.2, 0.25) is 0 Å². The van der Waals surface area contributed by atoms with Crippen LogP contribution >= 0.6 is 0 Å². The lowest BCUT2D eigenvalue weighted by Gasteiger charge is -2.40. The number of aliphatic hydroxyl groups is 1. The van der Waals surface area contributed by atoms with E-state index in [0.717, 1.165) is 30.7 Å². The van der Waals surface area contributed by atoms with Crippen molar-refractivity contribution in [3.8, 4) is 0 Å². The van der Waals surface area contributed by atoms with E-state index >= 15 is 0 Å². The molecule has 0 saturated carbocycles. The van der Waals surface area contributed by atoms with E-state index in [1.165, 1.54) is 0 Å². The molecule has 0 radical (unpaired) electrons. The van der Waals surface area contributed by atoms with Crippen molar-refractivity contribution in [1.29, 1.82) is 0 Å². The summed E-state index contributed by atoms with van der Waals surface area (Å²) in [4.78, 5) is 18.2. The molecule has 1 aromatic heterocycles. The minimum absolute atomic E-state index is 0.00638. The third kappa shape index (κ3) is 3.56. The van der Waals surface area contributed by atoms with Crippen molar-refractivity contribution < 1.29 is 14.3 Å². The van der Waals surface area contributed by atoms with Crippen LogP contribution in [0.25, 0.3) is 0 Å². The molecule has 0 bridgehead atoms. The van der Waals surface area contributed by atoms with Crippen LogP contribution in [0.1, 0.15) is 43.5 Å². The van der Waals surface area contributed by atoms with E-state index in [4.69, 9.17) is 4.42 Å². The fraction of sp³-hybridized carbons (Fsp3) is 0.733. The second-order valence-corrected chi connectivity index (χ2v) is 5.91. The monoisotopic (exact) mass is 295 g/mol. The van der Waals surface area contributed by atoms with Crippen molar-refractivity contribution in [3.05, 3.63) is 17.3 Å². The number of carbonyl (C=O) groups excluding carboxylic acids is 1. The molecule has 1 aromatic rings. The van der Waals surface area contributed by atoms with Gasteiger partial charge in [-0.05, 0) is 38.5 Å². The van der Waals surface area contributed by atoms with E-state index in [9.17, 15) is 9.90 Å². The van der Waals surface area contributed by atoms with Gasteiger partial charge in [-0.1, -0.05) is 6.92 Å². The molecule has 1 aliphatic rings. The summed E-state index contributed by atoms with van der Waals surface area (Å²) in [6.07, 6.45) is 2.66. The van der Waals surface area contributed by atoms with Gasteiger partial charge in [0.05, 0.1) is 12.2 Å². The second kappa shape index (κ2) is 6.47. The number of carbonyl (C=O) groups is 1. The topological polar surface area (TPSA) is 78.6 Å². The van der Waals surface area contributed by atoms with Crippen LogP contribution in [-0.4, -0.2) is 40.7 Å². The van der Waals surface area contributed by atoms with E-state index in [1.54, 1.807) is 4.90 Å². The minimum atomic E-state index is -0.0915. The van der Waals surface area contributed by atoms with Gasteiger partial charge in [0.25, 0.3) is 0 Å². The van der Waals surface area contributed by atoms with Gasteiger partial charge in [-0.3, -0.25) is 0 Å². The summed E-state index contributed by atoms with van der Waals surface area (Å²) in [5.41, 5.74) is 0.848. The van der Waals surface area contributed by atoms with E-state index < -0.39 is 0 Å². The SMILES string of the molecule is CCC1(CO)CCN(C(=O)NCc2nc(C)c(C)o2)CC1. The lowest BCUT2D eigenvalue weighted by molar-refractivity contribution is 0.0518. The molecule has 2 heterocycles. The molecule has 1 aliphatic heterocycles. The van der Waals surface area contributed by atoms with Crippen molar-refractivity contribution in [3.63, 3.8) is 0 Å². The smallest absolute Gasteiger partial charge is 0.317 e. The van der Waals surface area contributed by atoms with E-state index in [0.29, 0.717) is 25.5 Å². The highest BCUT2D eigenvalue weighted by Crippen LogP contribution is 2.34. The number of hydrogen-bond donors (Lipinski definition) is 2. The van der Waals surface area contributed by atoms with Gasteiger partial charge in [0.15, 0.2) is 0 Å². The number of hydrogen-bond acceptors (Lipinski definition) is 4. The Balaban J connectivity index is 1.82.